The molecule has 2 aliphatic carbocycles. The van der Waals surface area contributed by atoms with Crippen molar-refractivity contribution in [2.75, 3.05) is 6.54 Å². The Hall–Kier alpha value is -0.890. The van der Waals surface area contributed by atoms with Gasteiger partial charge in [0, 0.05) is 6.04 Å². The van der Waals surface area contributed by atoms with Gasteiger partial charge in [-0.05, 0) is 60.6 Å². The number of halogens is 1. The Bertz CT molecular complexity index is 491. The standard InChI is InChI=1S/C18H26FN/c1-17(2)14-8-10-18(3,12-14)16(17)20-11-9-13-6-4-5-7-15(13)19/h4-7,14,16,20H,8-12H2,1-3H3/t14-,16?,18+/m0/s1. The third-order valence-corrected chi connectivity index (χ3v) is 5.97. The lowest BCUT2D eigenvalue weighted by atomic mass is 9.68. The summed E-state index contributed by atoms with van der Waals surface area (Å²) in [7, 11) is 0. The molecule has 1 nitrogen and oxygen atoms in total. The van der Waals surface area contributed by atoms with Gasteiger partial charge < -0.3 is 5.32 Å². The molecule has 0 amide bonds. The van der Waals surface area contributed by atoms with Gasteiger partial charge in [0.2, 0.25) is 0 Å². The lowest BCUT2D eigenvalue weighted by Gasteiger charge is -2.43. The van der Waals surface area contributed by atoms with Gasteiger partial charge in [-0.3, -0.25) is 0 Å². The van der Waals surface area contributed by atoms with Crippen LogP contribution in [0.5, 0.6) is 0 Å². The maximum Gasteiger partial charge on any atom is 0.126 e. The van der Waals surface area contributed by atoms with Crippen molar-refractivity contribution < 1.29 is 4.39 Å². The molecule has 1 aromatic rings. The highest BCUT2D eigenvalue weighted by Gasteiger charge is 2.58. The van der Waals surface area contributed by atoms with Crippen LogP contribution >= 0.6 is 0 Å². The van der Waals surface area contributed by atoms with Gasteiger partial charge in [0.25, 0.3) is 0 Å². The minimum atomic E-state index is -0.0762. The second-order valence-corrected chi connectivity index (χ2v) is 7.64. The fourth-order valence-corrected chi connectivity index (χ4v) is 4.86. The molecule has 3 atom stereocenters. The molecule has 1 unspecified atom stereocenters. The summed E-state index contributed by atoms with van der Waals surface area (Å²) < 4.78 is 13.6. The van der Waals surface area contributed by atoms with Crippen LogP contribution in [0.25, 0.3) is 0 Å². The van der Waals surface area contributed by atoms with Crippen LogP contribution in [0.15, 0.2) is 24.3 Å². The van der Waals surface area contributed by atoms with E-state index >= 15 is 0 Å². The Morgan fingerprint density at radius 1 is 1.25 bits per heavy atom. The molecular weight excluding hydrogens is 249 g/mol. The zero-order chi connectivity index (χ0) is 14.4. The van der Waals surface area contributed by atoms with Crippen LogP contribution in [0.4, 0.5) is 4.39 Å². The van der Waals surface area contributed by atoms with Gasteiger partial charge in [0.15, 0.2) is 0 Å². The van der Waals surface area contributed by atoms with E-state index < -0.39 is 0 Å². The van der Waals surface area contributed by atoms with Crippen LogP contribution in [-0.4, -0.2) is 12.6 Å². The number of benzene rings is 1. The van der Waals surface area contributed by atoms with Crippen molar-refractivity contribution in [3.8, 4) is 0 Å². The minimum Gasteiger partial charge on any atom is -0.313 e. The van der Waals surface area contributed by atoms with Crippen molar-refractivity contribution in [2.45, 2.75) is 52.5 Å². The maximum absolute atomic E-state index is 13.6. The maximum atomic E-state index is 13.6. The Morgan fingerprint density at radius 3 is 2.65 bits per heavy atom. The van der Waals surface area contributed by atoms with Gasteiger partial charge in [0.05, 0.1) is 0 Å². The molecule has 2 bridgehead atoms. The second kappa shape index (κ2) is 4.84. The highest BCUT2D eigenvalue weighted by molar-refractivity contribution is 5.18. The van der Waals surface area contributed by atoms with Gasteiger partial charge >= 0.3 is 0 Å². The van der Waals surface area contributed by atoms with Gasteiger partial charge in [-0.2, -0.15) is 0 Å². The summed E-state index contributed by atoms with van der Waals surface area (Å²) in [5.41, 5.74) is 1.65. The average molecular weight is 275 g/mol. The molecule has 0 heterocycles. The van der Waals surface area contributed by atoms with Crippen LogP contribution in [0.2, 0.25) is 0 Å². The fraction of sp³-hybridized carbons (Fsp3) is 0.667. The van der Waals surface area contributed by atoms with Crippen LogP contribution in [-0.2, 0) is 6.42 Å². The Kier molecular flexibility index (Phi) is 3.40. The fourth-order valence-electron chi connectivity index (χ4n) is 4.86. The summed E-state index contributed by atoms with van der Waals surface area (Å²) in [6.45, 7) is 8.12. The molecular formula is C18H26FN. The largest absolute Gasteiger partial charge is 0.313 e. The van der Waals surface area contributed by atoms with E-state index in [1.807, 2.05) is 12.1 Å². The first kappa shape index (κ1) is 14.1. The SMILES string of the molecule is CC1(C)C(NCCc2ccccc2F)[C@]2(C)CC[C@H]1C2. The first-order chi connectivity index (χ1) is 9.43. The number of fused-ring (bicyclic) bond motifs is 2. The molecule has 1 aromatic carbocycles. The summed E-state index contributed by atoms with van der Waals surface area (Å²) in [6.07, 6.45) is 4.87. The van der Waals surface area contributed by atoms with Gasteiger partial charge in [-0.15, -0.1) is 0 Å². The van der Waals surface area contributed by atoms with E-state index in [4.69, 9.17) is 0 Å². The molecule has 2 aliphatic rings. The zero-order valence-corrected chi connectivity index (χ0v) is 12.9. The number of nitrogens with one attached hydrogen (secondary N) is 1. The molecule has 0 aliphatic heterocycles. The van der Waals surface area contributed by atoms with Crippen molar-refractivity contribution in [3.63, 3.8) is 0 Å². The summed E-state index contributed by atoms with van der Waals surface area (Å²) in [5.74, 6) is 0.783. The van der Waals surface area contributed by atoms with Crippen molar-refractivity contribution in [2.24, 2.45) is 16.7 Å². The van der Waals surface area contributed by atoms with E-state index in [0.29, 0.717) is 16.9 Å². The predicted molar refractivity (Wildman–Crippen MR) is 81.1 cm³/mol. The molecule has 0 saturated heterocycles. The smallest absolute Gasteiger partial charge is 0.126 e. The third-order valence-electron chi connectivity index (χ3n) is 5.97. The summed E-state index contributed by atoms with van der Waals surface area (Å²) in [5, 5.41) is 3.75. The Morgan fingerprint density at radius 2 is 2.00 bits per heavy atom. The third kappa shape index (κ3) is 2.18. The topological polar surface area (TPSA) is 12.0 Å². The Balaban J connectivity index is 1.63. The van der Waals surface area contributed by atoms with E-state index in [1.165, 1.54) is 19.3 Å². The average Bonchev–Trinajstić information content (AvgIpc) is 2.87. The number of hydrogen-bond donors (Lipinski definition) is 1. The molecule has 3 rings (SSSR count). The monoisotopic (exact) mass is 275 g/mol. The molecule has 2 saturated carbocycles. The summed E-state index contributed by atoms with van der Waals surface area (Å²) >= 11 is 0. The molecule has 0 spiro atoms. The summed E-state index contributed by atoms with van der Waals surface area (Å²) in [4.78, 5) is 0. The lowest BCUT2D eigenvalue weighted by molar-refractivity contribution is 0.110. The highest BCUT2D eigenvalue weighted by atomic mass is 19.1. The van der Waals surface area contributed by atoms with Crippen LogP contribution < -0.4 is 5.32 Å². The molecule has 1 N–H and O–H groups in total. The molecule has 2 heteroatoms. The number of hydrogen-bond acceptors (Lipinski definition) is 1. The van der Waals surface area contributed by atoms with E-state index in [0.717, 1.165) is 24.4 Å². The quantitative estimate of drug-likeness (QED) is 0.869. The van der Waals surface area contributed by atoms with Crippen molar-refractivity contribution in [3.05, 3.63) is 35.6 Å². The number of rotatable bonds is 4. The minimum absolute atomic E-state index is 0.0762. The van der Waals surface area contributed by atoms with Gasteiger partial charge in [-0.25, -0.2) is 4.39 Å². The Labute approximate surface area is 122 Å². The van der Waals surface area contributed by atoms with Crippen molar-refractivity contribution >= 4 is 0 Å². The molecule has 2 fully saturated rings. The first-order valence-corrected chi connectivity index (χ1v) is 7.90. The van der Waals surface area contributed by atoms with Crippen LogP contribution in [0.3, 0.4) is 0 Å². The normalized spacial score (nSPS) is 34.6. The van der Waals surface area contributed by atoms with Crippen molar-refractivity contribution in [1.82, 2.24) is 5.32 Å². The lowest BCUT2D eigenvalue weighted by Crippen LogP contribution is -2.50. The molecule has 0 aromatic heterocycles. The molecule has 110 valence electrons. The van der Waals surface area contributed by atoms with Crippen LogP contribution in [0, 0.1) is 22.6 Å². The first-order valence-electron chi connectivity index (χ1n) is 7.90. The zero-order valence-electron chi connectivity index (χ0n) is 12.9. The second-order valence-electron chi connectivity index (χ2n) is 7.64. The van der Waals surface area contributed by atoms with E-state index in [-0.39, 0.29) is 5.82 Å². The van der Waals surface area contributed by atoms with Crippen LogP contribution in [0.1, 0.15) is 45.6 Å². The van der Waals surface area contributed by atoms with E-state index in [9.17, 15) is 4.39 Å². The van der Waals surface area contributed by atoms with Gasteiger partial charge in [-0.1, -0.05) is 39.0 Å². The molecule has 20 heavy (non-hydrogen) atoms. The van der Waals surface area contributed by atoms with Crippen molar-refractivity contribution in [1.29, 1.82) is 0 Å². The molecule has 0 radical (unpaired) electrons. The van der Waals surface area contributed by atoms with E-state index in [2.05, 4.69) is 26.1 Å². The summed E-state index contributed by atoms with van der Waals surface area (Å²) in [6, 6.07) is 7.69. The van der Waals surface area contributed by atoms with E-state index in [1.54, 1.807) is 12.1 Å². The van der Waals surface area contributed by atoms with Gasteiger partial charge in [0.1, 0.15) is 5.82 Å². The highest BCUT2D eigenvalue weighted by Crippen LogP contribution is 2.62. The predicted octanol–water partition coefficient (Wildman–Crippen LogP) is 4.17.